The molecule has 3 N–H and O–H groups in total. The molecule has 1 aliphatic carbocycles. The zero-order valence-corrected chi connectivity index (χ0v) is 11.2. The molecule has 2 aliphatic rings. The second kappa shape index (κ2) is 4.62. The second-order valence-corrected chi connectivity index (χ2v) is 5.57. The number of primary amides is 1. The molecule has 1 heterocycles. The van der Waals surface area contributed by atoms with Gasteiger partial charge in [0, 0.05) is 37.6 Å². The summed E-state index contributed by atoms with van der Waals surface area (Å²) in [5.41, 5.74) is 6.80. The molecule has 1 saturated heterocycles. The maximum absolute atomic E-state index is 11.4. The topological polar surface area (TPSA) is 64.3 Å². The lowest BCUT2D eigenvalue weighted by molar-refractivity contribution is -0.0931. The molecule has 2 atom stereocenters. The van der Waals surface area contributed by atoms with E-state index in [0.717, 1.165) is 18.7 Å². The molecule has 3 rings (SSSR count). The molecular weight excluding hydrogens is 240 g/mol. The van der Waals surface area contributed by atoms with Crippen molar-refractivity contribution in [2.24, 2.45) is 17.6 Å². The summed E-state index contributed by atoms with van der Waals surface area (Å²) >= 11 is 0. The van der Waals surface area contributed by atoms with Crippen LogP contribution in [0.3, 0.4) is 0 Å². The largest absolute Gasteiger partial charge is 0.373 e. The van der Waals surface area contributed by atoms with Crippen molar-refractivity contribution in [3.05, 3.63) is 35.4 Å². The first-order valence-corrected chi connectivity index (χ1v) is 6.84. The van der Waals surface area contributed by atoms with E-state index in [2.05, 4.69) is 11.4 Å². The predicted molar refractivity (Wildman–Crippen MR) is 72.7 cm³/mol. The van der Waals surface area contributed by atoms with Gasteiger partial charge in [-0.2, -0.15) is 0 Å². The highest BCUT2D eigenvalue weighted by Crippen LogP contribution is 2.51. The number of fused-ring (bicyclic) bond motifs is 2. The van der Waals surface area contributed by atoms with Crippen molar-refractivity contribution in [2.45, 2.75) is 18.4 Å². The Hall–Kier alpha value is -1.39. The summed E-state index contributed by atoms with van der Waals surface area (Å²) in [5.74, 6) is 0.563. The third kappa shape index (κ3) is 1.78. The van der Waals surface area contributed by atoms with Crippen molar-refractivity contribution < 1.29 is 9.53 Å². The fraction of sp³-hybridized carbons (Fsp3) is 0.533. The summed E-state index contributed by atoms with van der Waals surface area (Å²) in [6, 6.07) is 7.63. The van der Waals surface area contributed by atoms with Gasteiger partial charge in [-0.15, -0.1) is 0 Å². The first-order chi connectivity index (χ1) is 9.18. The molecule has 1 saturated carbocycles. The smallest absolute Gasteiger partial charge is 0.248 e. The van der Waals surface area contributed by atoms with Crippen molar-refractivity contribution in [1.29, 1.82) is 0 Å². The Balaban J connectivity index is 2.07. The van der Waals surface area contributed by atoms with E-state index in [1.807, 2.05) is 12.1 Å². The predicted octanol–water partition coefficient (Wildman–Crippen LogP) is 1.26. The van der Waals surface area contributed by atoms with Crippen molar-refractivity contribution >= 4 is 5.91 Å². The highest BCUT2D eigenvalue weighted by molar-refractivity contribution is 5.92. The highest BCUT2D eigenvalue weighted by atomic mass is 16.5. The van der Waals surface area contributed by atoms with Gasteiger partial charge in [0.1, 0.15) is 5.60 Å². The van der Waals surface area contributed by atoms with Crippen LogP contribution in [0, 0.1) is 11.8 Å². The van der Waals surface area contributed by atoms with Crippen LogP contribution in [0.25, 0.3) is 0 Å². The van der Waals surface area contributed by atoms with Gasteiger partial charge in [0.05, 0.1) is 0 Å². The van der Waals surface area contributed by atoms with E-state index in [1.165, 1.54) is 12.8 Å². The molecule has 0 radical (unpaired) electrons. The maximum Gasteiger partial charge on any atom is 0.248 e. The summed E-state index contributed by atoms with van der Waals surface area (Å²) in [7, 11) is 1.79. The SMILES string of the molecule is COC1(c2cccc(C(N)=O)c2)C2CCC1CNC2. The molecule has 1 aromatic rings. The van der Waals surface area contributed by atoms with E-state index < -0.39 is 0 Å². The highest BCUT2D eigenvalue weighted by Gasteiger charge is 2.53. The number of rotatable bonds is 3. The second-order valence-electron chi connectivity index (χ2n) is 5.57. The number of nitrogens with one attached hydrogen (secondary N) is 1. The molecule has 2 fully saturated rings. The summed E-state index contributed by atoms with van der Waals surface area (Å²) in [4.78, 5) is 11.4. The molecule has 102 valence electrons. The Labute approximate surface area is 113 Å². The minimum Gasteiger partial charge on any atom is -0.373 e. The number of hydrogen-bond donors (Lipinski definition) is 2. The zero-order chi connectivity index (χ0) is 13.5. The van der Waals surface area contributed by atoms with Crippen LogP contribution in [-0.4, -0.2) is 26.1 Å². The molecule has 1 aliphatic heterocycles. The lowest BCUT2D eigenvalue weighted by Crippen LogP contribution is -2.51. The lowest BCUT2D eigenvalue weighted by atomic mass is 9.75. The normalized spacial score (nSPS) is 33.3. The first kappa shape index (κ1) is 12.6. The fourth-order valence-corrected chi connectivity index (χ4v) is 3.94. The number of methoxy groups -OCH3 is 1. The number of nitrogens with two attached hydrogens (primary N) is 1. The van der Waals surface area contributed by atoms with Crippen LogP contribution >= 0.6 is 0 Å². The zero-order valence-electron chi connectivity index (χ0n) is 11.2. The molecule has 2 bridgehead atoms. The number of hydrogen-bond acceptors (Lipinski definition) is 3. The van der Waals surface area contributed by atoms with Gasteiger partial charge in [0.15, 0.2) is 0 Å². The van der Waals surface area contributed by atoms with Crippen molar-refractivity contribution in [3.8, 4) is 0 Å². The van der Waals surface area contributed by atoms with Gasteiger partial charge < -0.3 is 15.8 Å². The summed E-state index contributed by atoms with van der Waals surface area (Å²) in [6.07, 6.45) is 2.35. The number of amides is 1. The Kier molecular flexibility index (Phi) is 3.07. The number of carbonyl (C=O) groups is 1. The van der Waals surface area contributed by atoms with Crippen molar-refractivity contribution in [3.63, 3.8) is 0 Å². The van der Waals surface area contributed by atoms with Crippen LogP contribution in [0.1, 0.15) is 28.8 Å². The fourth-order valence-electron chi connectivity index (χ4n) is 3.94. The minimum absolute atomic E-state index is 0.253. The van der Waals surface area contributed by atoms with Crippen LogP contribution in [0.5, 0.6) is 0 Å². The molecule has 0 aromatic heterocycles. The number of ether oxygens (including phenoxy) is 1. The van der Waals surface area contributed by atoms with Crippen LogP contribution < -0.4 is 11.1 Å². The van der Waals surface area contributed by atoms with E-state index in [9.17, 15) is 4.79 Å². The van der Waals surface area contributed by atoms with E-state index in [4.69, 9.17) is 10.5 Å². The Morgan fingerprint density at radius 2 is 2.05 bits per heavy atom. The van der Waals surface area contributed by atoms with E-state index in [1.54, 1.807) is 13.2 Å². The van der Waals surface area contributed by atoms with E-state index in [-0.39, 0.29) is 11.5 Å². The van der Waals surface area contributed by atoms with Crippen LogP contribution in [-0.2, 0) is 10.3 Å². The molecule has 2 unspecified atom stereocenters. The average Bonchev–Trinajstić information content (AvgIpc) is 2.61. The number of benzene rings is 1. The standard InChI is InChI=1S/C15H20N2O2/c1-19-15(12-5-6-13(15)9-17-8-12)11-4-2-3-10(7-11)14(16)18/h2-4,7,12-13,17H,5-6,8-9H2,1H3,(H2,16,18). The van der Waals surface area contributed by atoms with Crippen molar-refractivity contribution in [2.75, 3.05) is 20.2 Å². The van der Waals surface area contributed by atoms with Gasteiger partial charge in [-0.25, -0.2) is 0 Å². The Bertz CT molecular complexity index is 485. The Morgan fingerprint density at radius 1 is 1.37 bits per heavy atom. The average molecular weight is 260 g/mol. The third-order valence-corrected chi connectivity index (χ3v) is 4.79. The summed E-state index contributed by atoms with van der Waals surface area (Å²) in [6.45, 7) is 1.95. The van der Waals surface area contributed by atoms with E-state index >= 15 is 0 Å². The quantitative estimate of drug-likeness (QED) is 0.860. The Morgan fingerprint density at radius 3 is 2.63 bits per heavy atom. The number of piperidine rings is 1. The molecule has 19 heavy (non-hydrogen) atoms. The summed E-state index contributed by atoms with van der Waals surface area (Å²) < 4.78 is 5.99. The van der Waals surface area contributed by atoms with Crippen LogP contribution in [0.15, 0.2) is 24.3 Å². The maximum atomic E-state index is 11.4. The third-order valence-electron chi connectivity index (χ3n) is 4.79. The molecule has 1 amide bonds. The summed E-state index contributed by atoms with van der Waals surface area (Å²) in [5, 5.41) is 3.47. The van der Waals surface area contributed by atoms with Crippen molar-refractivity contribution in [1.82, 2.24) is 5.32 Å². The lowest BCUT2D eigenvalue weighted by Gasteiger charge is -2.43. The molecular formula is C15H20N2O2. The molecule has 1 aromatic carbocycles. The molecule has 4 nitrogen and oxygen atoms in total. The minimum atomic E-state index is -0.380. The molecule has 0 spiro atoms. The van der Waals surface area contributed by atoms with Crippen LogP contribution in [0.4, 0.5) is 0 Å². The van der Waals surface area contributed by atoms with Crippen LogP contribution in [0.2, 0.25) is 0 Å². The first-order valence-electron chi connectivity index (χ1n) is 6.84. The van der Waals surface area contributed by atoms with Gasteiger partial charge in [0.2, 0.25) is 5.91 Å². The van der Waals surface area contributed by atoms with Gasteiger partial charge >= 0.3 is 0 Å². The number of carbonyl (C=O) groups excluding carboxylic acids is 1. The van der Waals surface area contributed by atoms with Gasteiger partial charge in [0.25, 0.3) is 0 Å². The van der Waals surface area contributed by atoms with E-state index in [0.29, 0.717) is 17.4 Å². The van der Waals surface area contributed by atoms with Gasteiger partial charge in [-0.3, -0.25) is 4.79 Å². The van der Waals surface area contributed by atoms with Gasteiger partial charge in [-0.05, 0) is 30.5 Å². The van der Waals surface area contributed by atoms with Gasteiger partial charge in [-0.1, -0.05) is 12.1 Å². The monoisotopic (exact) mass is 260 g/mol. The molecule has 4 heteroatoms.